The molecule has 0 amide bonds. The number of fused-ring (bicyclic) bond motifs is 2. The summed E-state index contributed by atoms with van der Waals surface area (Å²) in [4.78, 5) is 0. The van der Waals surface area contributed by atoms with Gasteiger partial charge in [-0.25, -0.2) is 0 Å². The summed E-state index contributed by atoms with van der Waals surface area (Å²) in [6.45, 7) is 4.84. The molecular weight excluding hydrogens is 571 g/mol. The summed E-state index contributed by atoms with van der Waals surface area (Å²) in [5.74, 6) is 0. The second kappa shape index (κ2) is 10.2. The Bertz CT molecular complexity index is 1400. The van der Waals surface area contributed by atoms with Crippen molar-refractivity contribution in [1.82, 2.24) is 0 Å². The average molecular weight is 601 g/mol. The van der Waals surface area contributed by atoms with E-state index in [0.717, 1.165) is 0 Å². The topological polar surface area (TPSA) is 0 Å². The van der Waals surface area contributed by atoms with Gasteiger partial charge in [-0.2, -0.15) is 0 Å². The fourth-order valence-electron chi connectivity index (χ4n) is 7.26. The van der Waals surface area contributed by atoms with E-state index in [1.165, 1.54) is 41.6 Å². The fraction of sp³-hybridized carbons (Fsp3) is 0.176. The van der Waals surface area contributed by atoms with E-state index in [2.05, 4.69) is 123 Å². The van der Waals surface area contributed by atoms with Crippen LogP contribution in [0, 0.1) is 0 Å². The van der Waals surface area contributed by atoms with E-state index in [4.69, 9.17) is 0 Å². The van der Waals surface area contributed by atoms with Gasteiger partial charge in [-0.05, 0) is 0 Å². The molecule has 0 aromatic heterocycles. The van der Waals surface area contributed by atoms with Gasteiger partial charge in [0, 0.05) is 0 Å². The molecule has 37 heavy (non-hydrogen) atoms. The van der Waals surface area contributed by atoms with Crippen LogP contribution in [0.2, 0.25) is 8.26 Å². The number of halogens is 2. The smallest absolute Gasteiger partial charge is 1.00 e. The van der Waals surface area contributed by atoms with E-state index in [-0.39, 0.29) is 24.8 Å². The molecule has 0 nitrogen and oxygen atoms in total. The summed E-state index contributed by atoms with van der Waals surface area (Å²) >= 11 is -2.56. The zero-order valence-corrected chi connectivity index (χ0v) is 25.2. The van der Waals surface area contributed by atoms with Gasteiger partial charge < -0.3 is 24.8 Å². The first-order chi connectivity index (χ1) is 17.2. The third kappa shape index (κ3) is 4.15. The molecule has 1 heterocycles. The van der Waals surface area contributed by atoms with Crippen LogP contribution in [0.3, 0.4) is 0 Å². The van der Waals surface area contributed by atoms with E-state index in [0.29, 0.717) is 7.25 Å². The van der Waals surface area contributed by atoms with E-state index in [1.54, 1.807) is 22.3 Å². The fourth-order valence-corrected chi connectivity index (χ4v) is 25.0. The number of hydrogen-bond acceptors (Lipinski definition) is 0. The minimum absolute atomic E-state index is 0. The number of hydrogen-bond donors (Lipinski definition) is 0. The van der Waals surface area contributed by atoms with E-state index >= 15 is 0 Å². The molecule has 1 fully saturated rings. The SMILES string of the molecule is CC1=Cc2c(-c3ccccc3)cccc2[CH]1[Zr+2]1([CH]2C(C)=Cc3c(-c4ccccc4)cccc32)[CH2][CH2]1.[Cl-].[Cl-]. The molecule has 2 unspecified atom stereocenters. The van der Waals surface area contributed by atoms with Gasteiger partial charge >= 0.3 is 214 Å². The number of allylic oxidation sites excluding steroid dienone is 2. The molecule has 0 radical (unpaired) electrons. The summed E-state index contributed by atoms with van der Waals surface area (Å²) in [6.07, 6.45) is 5.07. The Morgan fingerprint density at radius 1 is 0.514 bits per heavy atom. The van der Waals surface area contributed by atoms with Crippen LogP contribution in [0.5, 0.6) is 0 Å². The zero-order chi connectivity index (χ0) is 23.6. The molecule has 7 rings (SSSR count). The van der Waals surface area contributed by atoms with Gasteiger partial charge in [-0.3, -0.25) is 0 Å². The van der Waals surface area contributed by atoms with Crippen molar-refractivity contribution in [2.24, 2.45) is 0 Å². The molecule has 0 bridgehead atoms. The standard InChI is InChI=1S/2C16H13.C2H4.2ClH.Zr/c2*1-12-10-14-8-5-9-15(16(14)11-12)13-6-3-2-4-7-13;1-2;;;/h2*2-11H,1H3;1-2H2;2*1H;/q;;;;;+2/p-2. The maximum absolute atomic E-state index is 2.56. The summed E-state index contributed by atoms with van der Waals surface area (Å²) in [6, 6.07) is 36.0. The van der Waals surface area contributed by atoms with E-state index in [1.807, 2.05) is 0 Å². The molecule has 0 spiro atoms. The van der Waals surface area contributed by atoms with Crippen molar-refractivity contribution in [1.29, 1.82) is 0 Å². The van der Waals surface area contributed by atoms with Crippen molar-refractivity contribution in [3.8, 4) is 22.3 Å². The van der Waals surface area contributed by atoms with Gasteiger partial charge in [-0.1, -0.05) is 0 Å². The minimum Gasteiger partial charge on any atom is -1.00 e. The number of rotatable bonds is 4. The molecular formula is C34H30Cl2Zr. The van der Waals surface area contributed by atoms with Crippen LogP contribution < -0.4 is 24.8 Å². The first-order valence-electron chi connectivity index (χ1n) is 12.9. The van der Waals surface area contributed by atoms with Gasteiger partial charge in [0.05, 0.1) is 0 Å². The minimum atomic E-state index is -2.56. The third-order valence-corrected chi connectivity index (χ3v) is 22.2. The molecule has 1 aliphatic heterocycles. The molecule has 2 atom stereocenters. The Morgan fingerprint density at radius 3 is 1.30 bits per heavy atom. The first-order valence-corrected chi connectivity index (χ1v) is 19.2. The van der Waals surface area contributed by atoms with Gasteiger partial charge in [0.2, 0.25) is 0 Å². The molecule has 2 aliphatic carbocycles. The van der Waals surface area contributed by atoms with Crippen LogP contribution in [0.4, 0.5) is 0 Å². The van der Waals surface area contributed by atoms with E-state index in [9.17, 15) is 0 Å². The molecule has 3 aliphatic rings. The maximum Gasteiger partial charge on any atom is -1.00 e. The Labute approximate surface area is 237 Å². The van der Waals surface area contributed by atoms with Crippen LogP contribution in [0.1, 0.15) is 43.4 Å². The average Bonchev–Trinajstić information content (AvgIpc) is 3.47. The second-order valence-corrected chi connectivity index (χ2v) is 22.1. The van der Waals surface area contributed by atoms with Crippen LogP contribution in [-0.4, -0.2) is 0 Å². The summed E-state index contributed by atoms with van der Waals surface area (Å²) < 4.78 is 4.40. The Kier molecular flexibility index (Phi) is 7.27. The van der Waals surface area contributed by atoms with Crippen molar-refractivity contribution in [3.05, 3.63) is 130 Å². The normalized spacial score (nSPS) is 19.2. The van der Waals surface area contributed by atoms with Crippen molar-refractivity contribution in [3.63, 3.8) is 0 Å². The van der Waals surface area contributed by atoms with Crippen LogP contribution >= 0.6 is 0 Å². The Morgan fingerprint density at radius 2 is 0.919 bits per heavy atom. The summed E-state index contributed by atoms with van der Waals surface area (Å²) in [5.41, 5.74) is 14.9. The van der Waals surface area contributed by atoms with Crippen molar-refractivity contribution in [2.45, 2.75) is 29.4 Å². The number of benzene rings is 4. The molecule has 1 saturated heterocycles. The molecule has 4 aromatic carbocycles. The summed E-state index contributed by atoms with van der Waals surface area (Å²) in [5, 5.41) is 0. The Balaban J connectivity index is 0.00000140. The molecule has 184 valence electrons. The largest absolute Gasteiger partial charge is 1.00 e. The monoisotopic (exact) mass is 598 g/mol. The Hall–Kier alpha value is -2.18. The van der Waals surface area contributed by atoms with Crippen molar-refractivity contribution < 1.29 is 45.1 Å². The van der Waals surface area contributed by atoms with Crippen LogP contribution in [0.15, 0.2) is 108 Å². The van der Waals surface area contributed by atoms with Crippen molar-refractivity contribution in [2.75, 3.05) is 0 Å². The quantitative estimate of drug-likeness (QED) is 0.336. The predicted octanol–water partition coefficient (Wildman–Crippen LogP) is 3.65. The molecule has 0 saturated carbocycles. The third-order valence-electron chi connectivity index (χ3n) is 8.70. The van der Waals surface area contributed by atoms with Crippen molar-refractivity contribution >= 4 is 12.2 Å². The molecule has 4 aromatic rings. The van der Waals surface area contributed by atoms with Gasteiger partial charge in [-0.15, -0.1) is 0 Å². The second-order valence-electron chi connectivity index (χ2n) is 10.7. The predicted molar refractivity (Wildman–Crippen MR) is 146 cm³/mol. The summed E-state index contributed by atoms with van der Waals surface area (Å²) in [7, 11) is 0. The first kappa shape index (κ1) is 26.4. The van der Waals surface area contributed by atoms with Crippen LogP contribution in [-0.2, 0) is 20.3 Å². The van der Waals surface area contributed by atoms with Gasteiger partial charge in [0.25, 0.3) is 0 Å². The van der Waals surface area contributed by atoms with Gasteiger partial charge in [0.15, 0.2) is 0 Å². The van der Waals surface area contributed by atoms with Crippen LogP contribution in [0.25, 0.3) is 34.4 Å². The maximum atomic E-state index is 2.54. The zero-order valence-electron chi connectivity index (χ0n) is 21.2. The molecule has 3 heteroatoms. The van der Waals surface area contributed by atoms with Gasteiger partial charge in [0.1, 0.15) is 0 Å². The van der Waals surface area contributed by atoms with E-state index < -0.39 is 20.3 Å². The molecule has 0 N–H and O–H groups in total.